The zero-order valence-corrected chi connectivity index (χ0v) is 23.3. The number of nitrogens with zero attached hydrogens (tertiary/aromatic N) is 5. The Kier molecular flexibility index (Phi) is 9.62. The third-order valence-corrected chi connectivity index (χ3v) is 7.76. The van der Waals surface area contributed by atoms with Crippen LogP contribution in [0.15, 0.2) is 42.6 Å². The molecule has 5 rings (SSSR count). The van der Waals surface area contributed by atoms with Gasteiger partial charge in [-0.1, -0.05) is 18.0 Å². The van der Waals surface area contributed by atoms with Gasteiger partial charge in [0.2, 0.25) is 0 Å². The Bertz CT molecular complexity index is 1270. The number of likely N-dealkylation sites (tertiary alicyclic amines) is 1. The third kappa shape index (κ3) is 7.34. The van der Waals surface area contributed by atoms with Crippen LogP contribution in [-0.2, 0) is 10.9 Å². The molecule has 0 aliphatic carbocycles. The average molecular weight is 578 g/mol. The van der Waals surface area contributed by atoms with Crippen LogP contribution >= 0.6 is 11.6 Å². The molecule has 0 N–H and O–H groups in total. The monoisotopic (exact) mass is 577 g/mol. The van der Waals surface area contributed by atoms with Gasteiger partial charge < -0.3 is 14.4 Å². The summed E-state index contributed by atoms with van der Waals surface area (Å²) < 4.78 is 52.2. The fourth-order valence-electron chi connectivity index (χ4n) is 5.26. The first-order valence-electron chi connectivity index (χ1n) is 13.9. The molecule has 1 aromatic carbocycles. The lowest BCUT2D eigenvalue weighted by atomic mass is 10.1. The van der Waals surface area contributed by atoms with Crippen molar-refractivity contribution in [2.75, 3.05) is 70.5 Å². The van der Waals surface area contributed by atoms with Gasteiger partial charge >= 0.3 is 6.18 Å². The minimum atomic E-state index is -4.47. The molecular formula is C29H35ClF3N5O2. The number of morpholine rings is 1. The van der Waals surface area contributed by atoms with E-state index in [0.29, 0.717) is 54.9 Å². The molecule has 0 bridgehead atoms. The Morgan fingerprint density at radius 1 is 0.925 bits per heavy atom. The molecule has 3 aromatic rings. The smallest absolute Gasteiger partial charge is 0.416 e. The normalized spacial score (nSPS) is 17.3. The van der Waals surface area contributed by atoms with Gasteiger partial charge in [0.1, 0.15) is 24.0 Å². The molecule has 0 saturated carbocycles. The fraction of sp³-hybridized carbons (Fsp3) is 0.517. The van der Waals surface area contributed by atoms with Crippen molar-refractivity contribution in [2.24, 2.45) is 0 Å². The summed E-state index contributed by atoms with van der Waals surface area (Å²) >= 11 is 6.57. The first kappa shape index (κ1) is 28.9. The molecule has 0 unspecified atom stereocenters. The Labute approximate surface area is 237 Å². The van der Waals surface area contributed by atoms with E-state index in [1.165, 1.54) is 25.5 Å². The van der Waals surface area contributed by atoms with E-state index in [2.05, 4.69) is 14.8 Å². The van der Waals surface area contributed by atoms with E-state index < -0.39 is 11.7 Å². The number of hydrogen-bond donors (Lipinski definition) is 0. The number of hydrogen-bond acceptors (Lipinski definition) is 7. The Hall–Kier alpha value is -2.66. The van der Waals surface area contributed by atoms with Crippen molar-refractivity contribution in [3.05, 3.63) is 53.2 Å². The number of aromatic nitrogens is 2. The predicted molar refractivity (Wildman–Crippen MR) is 151 cm³/mol. The number of alkyl halides is 3. The van der Waals surface area contributed by atoms with E-state index in [0.717, 1.165) is 56.8 Å². The van der Waals surface area contributed by atoms with E-state index in [4.69, 9.17) is 26.1 Å². The maximum atomic E-state index is 13.5. The largest absolute Gasteiger partial charge is 0.492 e. The summed E-state index contributed by atoms with van der Waals surface area (Å²) in [5.41, 5.74) is -0.210. The number of rotatable bonds is 10. The van der Waals surface area contributed by atoms with Crippen LogP contribution in [-0.4, -0.2) is 85.4 Å². The van der Waals surface area contributed by atoms with E-state index >= 15 is 0 Å². The SMILES string of the molecule is FC(F)(F)c1ccnc(N(CCCN2CCOCC2)c2ccc3c(OCCN4CCCCC4)ccc(Cl)c3n2)c1. The number of fused-ring (bicyclic) bond motifs is 1. The van der Waals surface area contributed by atoms with Crippen LogP contribution in [0.3, 0.4) is 0 Å². The second-order valence-electron chi connectivity index (χ2n) is 10.2. The van der Waals surface area contributed by atoms with Crippen molar-refractivity contribution < 1.29 is 22.6 Å². The second kappa shape index (κ2) is 13.3. The summed E-state index contributed by atoms with van der Waals surface area (Å²) in [6.45, 7) is 7.89. The van der Waals surface area contributed by atoms with Crippen molar-refractivity contribution in [1.82, 2.24) is 19.8 Å². The molecular weight excluding hydrogens is 543 g/mol. The van der Waals surface area contributed by atoms with Crippen molar-refractivity contribution >= 4 is 34.1 Å². The summed E-state index contributed by atoms with van der Waals surface area (Å²) in [5.74, 6) is 1.36. The average Bonchev–Trinajstić information content (AvgIpc) is 2.97. The fourth-order valence-corrected chi connectivity index (χ4v) is 5.46. The van der Waals surface area contributed by atoms with Gasteiger partial charge in [0.25, 0.3) is 0 Å². The highest BCUT2D eigenvalue weighted by atomic mass is 35.5. The molecule has 40 heavy (non-hydrogen) atoms. The summed E-state index contributed by atoms with van der Waals surface area (Å²) in [5, 5.41) is 1.21. The summed E-state index contributed by atoms with van der Waals surface area (Å²) in [6, 6.07) is 9.32. The first-order chi connectivity index (χ1) is 19.4. The van der Waals surface area contributed by atoms with Crippen molar-refractivity contribution in [2.45, 2.75) is 31.9 Å². The molecule has 4 heterocycles. The minimum Gasteiger partial charge on any atom is -0.492 e. The molecule has 0 radical (unpaired) electrons. The quantitative estimate of drug-likeness (QED) is 0.292. The first-order valence-corrected chi connectivity index (χ1v) is 14.3. The van der Waals surface area contributed by atoms with Crippen LogP contribution in [0.4, 0.5) is 24.8 Å². The van der Waals surface area contributed by atoms with E-state index in [1.54, 1.807) is 17.0 Å². The molecule has 216 valence electrons. The maximum absolute atomic E-state index is 13.5. The van der Waals surface area contributed by atoms with Gasteiger partial charge in [0.05, 0.1) is 29.3 Å². The molecule has 2 aromatic heterocycles. The third-order valence-electron chi connectivity index (χ3n) is 7.45. The summed E-state index contributed by atoms with van der Waals surface area (Å²) in [6.07, 6.45) is 1.16. The van der Waals surface area contributed by atoms with Gasteiger partial charge in [-0.05, 0) is 68.8 Å². The molecule has 0 spiro atoms. The van der Waals surface area contributed by atoms with Crippen LogP contribution < -0.4 is 9.64 Å². The minimum absolute atomic E-state index is 0.189. The lowest BCUT2D eigenvalue weighted by molar-refractivity contribution is -0.137. The topological polar surface area (TPSA) is 54.0 Å². The number of halogens is 4. The summed E-state index contributed by atoms with van der Waals surface area (Å²) in [7, 11) is 0. The molecule has 2 saturated heterocycles. The van der Waals surface area contributed by atoms with Crippen LogP contribution in [0.1, 0.15) is 31.2 Å². The van der Waals surface area contributed by atoms with Crippen molar-refractivity contribution in [1.29, 1.82) is 0 Å². The van der Waals surface area contributed by atoms with E-state index in [9.17, 15) is 13.2 Å². The lowest BCUT2D eigenvalue weighted by Gasteiger charge is -2.29. The van der Waals surface area contributed by atoms with Gasteiger partial charge in [-0.25, -0.2) is 9.97 Å². The number of piperidine rings is 1. The van der Waals surface area contributed by atoms with Gasteiger partial charge in [0, 0.05) is 44.3 Å². The second-order valence-corrected chi connectivity index (χ2v) is 10.6. The lowest BCUT2D eigenvalue weighted by Crippen LogP contribution is -2.38. The van der Waals surface area contributed by atoms with Gasteiger partial charge in [-0.2, -0.15) is 13.2 Å². The zero-order valence-electron chi connectivity index (χ0n) is 22.5. The zero-order chi connectivity index (χ0) is 28.0. The van der Waals surface area contributed by atoms with Gasteiger partial charge in [-0.3, -0.25) is 9.80 Å². The number of anilines is 2. The highest BCUT2D eigenvalue weighted by Crippen LogP contribution is 2.35. The Morgan fingerprint density at radius 2 is 1.70 bits per heavy atom. The Morgan fingerprint density at radius 3 is 2.48 bits per heavy atom. The molecule has 11 heteroatoms. The molecule has 0 amide bonds. The number of ether oxygens (including phenoxy) is 2. The van der Waals surface area contributed by atoms with Crippen LogP contribution in [0.5, 0.6) is 5.75 Å². The molecule has 2 aliphatic rings. The highest BCUT2D eigenvalue weighted by Gasteiger charge is 2.31. The Balaban J connectivity index is 1.39. The van der Waals surface area contributed by atoms with Gasteiger partial charge in [-0.15, -0.1) is 0 Å². The van der Waals surface area contributed by atoms with Crippen LogP contribution in [0.2, 0.25) is 5.02 Å². The molecule has 7 nitrogen and oxygen atoms in total. The molecule has 0 atom stereocenters. The number of pyridine rings is 2. The van der Waals surface area contributed by atoms with Gasteiger partial charge in [0.15, 0.2) is 0 Å². The van der Waals surface area contributed by atoms with Crippen LogP contribution in [0, 0.1) is 0 Å². The standard InChI is InChI=1S/C29H35ClF3N5O2/c30-24-6-7-25(40-20-17-36-11-2-1-3-12-36)23-5-8-26(35-28(23)24)38(14-4-13-37-15-18-39-19-16-37)27-21-22(9-10-34-27)29(31,32)33/h5-10,21H,1-4,11-20H2. The number of benzene rings is 1. The van der Waals surface area contributed by atoms with Crippen molar-refractivity contribution in [3.8, 4) is 5.75 Å². The van der Waals surface area contributed by atoms with E-state index in [1.807, 2.05) is 12.1 Å². The summed E-state index contributed by atoms with van der Waals surface area (Å²) in [4.78, 5) is 15.5. The van der Waals surface area contributed by atoms with Crippen molar-refractivity contribution in [3.63, 3.8) is 0 Å². The highest BCUT2D eigenvalue weighted by molar-refractivity contribution is 6.35. The van der Waals surface area contributed by atoms with Crippen LogP contribution in [0.25, 0.3) is 10.9 Å². The van der Waals surface area contributed by atoms with E-state index in [-0.39, 0.29) is 5.82 Å². The predicted octanol–water partition coefficient (Wildman–Crippen LogP) is 6.03. The maximum Gasteiger partial charge on any atom is 0.416 e. The molecule has 2 fully saturated rings. The molecule has 2 aliphatic heterocycles.